The zero-order valence-corrected chi connectivity index (χ0v) is 21.6. The number of carbonyl (C=O) groups excluding carboxylic acids is 3. The van der Waals surface area contributed by atoms with E-state index in [-0.39, 0.29) is 29.8 Å². The van der Waals surface area contributed by atoms with Crippen molar-refractivity contribution in [1.82, 2.24) is 29.6 Å². The minimum absolute atomic E-state index is 0.128. The fraction of sp³-hybridized carbons (Fsp3) is 0.192. The molecule has 0 saturated carbocycles. The number of fused-ring (bicyclic) bond motifs is 1. The zero-order chi connectivity index (χ0) is 26.1. The second kappa shape index (κ2) is 10.0. The van der Waals surface area contributed by atoms with E-state index in [0.717, 1.165) is 11.1 Å². The van der Waals surface area contributed by atoms with Crippen LogP contribution in [-0.2, 0) is 16.1 Å². The van der Waals surface area contributed by atoms with E-state index in [9.17, 15) is 14.4 Å². The average Bonchev–Trinajstić information content (AvgIpc) is 3.50. The Bertz CT molecular complexity index is 1560. The number of hydrogen-bond donors (Lipinski definition) is 1. The van der Waals surface area contributed by atoms with Crippen molar-refractivity contribution in [2.24, 2.45) is 0 Å². The Labute approximate surface area is 220 Å². The highest BCUT2D eigenvalue weighted by Gasteiger charge is 2.31. The number of benzene rings is 1. The highest BCUT2D eigenvalue weighted by atomic mass is 79.9. The van der Waals surface area contributed by atoms with Gasteiger partial charge in [0.25, 0.3) is 5.91 Å². The minimum Gasteiger partial charge on any atom is -0.322 e. The summed E-state index contributed by atoms with van der Waals surface area (Å²) in [6.07, 6.45) is 6.90. The van der Waals surface area contributed by atoms with Crippen molar-refractivity contribution in [1.29, 1.82) is 0 Å². The van der Waals surface area contributed by atoms with Gasteiger partial charge in [-0.2, -0.15) is 5.10 Å². The lowest BCUT2D eigenvalue weighted by Gasteiger charge is -2.24. The number of carbonyl (C=O) groups is 3. The second-order valence-corrected chi connectivity index (χ2v) is 9.38. The molecule has 1 atom stereocenters. The SMILES string of the molecule is CC(=O)c1nn(CC(=O)N2CC=C[C@H]2C(=O)Nc2cccc(Br)n2)c2ccc(-c3cnc(C)nc3)cc12. The summed E-state index contributed by atoms with van der Waals surface area (Å²) in [5, 5.41) is 7.83. The molecule has 1 aliphatic heterocycles. The summed E-state index contributed by atoms with van der Waals surface area (Å²) >= 11 is 3.28. The molecule has 186 valence electrons. The lowest BCUT2D eigenvalue weighted by molar-refractivity contribution is -0.136. The van der Waals surface area contributed by atoms with E-state index >= 15 is 0 Å². The van der Waals surface area contributed by atoms with Crippen molar-refractivity contribution in [2.45, 2.75) is 26.4 Å². The van der Waals surface area contributed by atoms with Crippen molar-refractivity contribution in [3.63, 3.8) is 0 Å². The third-order valence-electron chi connectivity index (χ3n) is 5.99. The van der Waals surface area contributed by atoms with E-state index in [1.165, 1.54) is 16.5 Å². The summed E-state index contributed by atoms with van der Waals surface area (Å²) in [7, 11) is 0. The highest BCUT2D eigenvalue weighted by Crippen LogP contribution is 2.27. The van der Waals surface area contributed by atoms with Gasteiger partial charge in [0.05, 0.1) is 5.52 Å². The predicted octanol–water partition coefficient (Wildman–Crippen LogP) is 3.57. The van der Waals surface area contributed by atoms with Gasteiger partial charge < -0.3 is 10.2 Å². The van der Waals surface area contributed by atoms with E-state index in [2.05, 4.69) is 41.3 Å². The monoisotopic (exact) mass is 559 g/mol. The molecule has 37 heavy (non-hydrogen) atoms. The number of hydrogen-bond acceptors (Lipinski definition) is 7. The number of aromatic nitrogens is 5. The Hall–Kier alpha value is -4.25. The summed E-state index contributed by atoms with van der Waals surface area (Å²) in [5.41, 5.74) is 2.55. The molecule has 0 spiro atoms. The number of rotatable bonds is 6. The Kier molecular flexibility index (Phi) is 6.62. The maximum absolute atomic E-state index is 13.3. The first-order chi connectivity index (χ1) is 17.8. The van der Waals surface area contributed by atoms with Gasteiger partial charge >= 0.3 is 0 Å². The number of amides is 2. The molecular formula is C26H22BrN7O3. The van der Waals surface area contributed by atoms with Crippen LogP contribution in [0.5, 0.6) is 0 Å². The van der Waals surface area contributed by atoms with E-state index in [4.69, 9.17) is 0 Å². The molecule has 10 nitrogen and oxygen atoms in total. The molecule has 0 bridgehead atoms. The quantitative estimate of drug-likeness (QED) is 0.217. The van der Waals surface area contributed by atoms with E-state index in [1.54, 1.807) is 42.7 Å². The number of pyridine rings is 1. The van der Waals surface area contributed by atoms with Gasteiger partial charge in [-0.05, 0) is 52.7 Å². The average molecular weight is 560 g/mol. The van der Waals surface area contributed by atoms with Gasteiger partial charge in [0.1, 0.15) is 34.5 Å². The molecule has 0 saturated heterocycles. The summed E-state index contributed by atoms with van der Waals surface area (Å²) in [4.78, 5) is 52.7. The van der Waals surface area contributed by atoms with Crippen LogP contribution in [0.4, 0.5) is 5.82 Å². The molecule has 1 aromatic carbocycles. The van der Waals surface area contributed by atoms with Crippen molar-refractivity contribution in [2.75, 3.05) is 11.9 Å². The van der Waals surface area contributed by atoms with Crippen LogP contribution in [0.1, 0.15) is 23.2 Å². The molecule has 1 N–H and O–H groups in total. The Morgan fingerprint density at radius 1 is 1.11 bits per heavy atom. The number of nitrogens with zero attached hydrogens (tertiary/aromatic N) is 6. The summed E-state index contributed by atoms with van der Waals surface area (Å²) in [5.74, 6) is 0.160. The first kappa shape index (κ1) is 24.4. The lowest BCUT2D eigenvalue weighted by Crippen LogP contribution is -2.45. The fourth-order valence-corrected chi connectivity index (χ4v) is 4.53. The van der Waals surface area contributed by atoms with Gasteiger partial charge in [0.15, 0.2) is 5.78 Å². The highest BCUT2D eigenvalue weighted by molar-refractivity contribution is 9.10. The Morgan fingerprint density at radius 2 is 1.89 bits per heavy atom. The fourth-order valence-electron chi connectivity index (χ4n) is 4.18. The van der Waals surface area contributed by atoms with Gasteiger partial charge in [-0.15, -0.1) is 0 Å². The summed E-state index contributed by atoms with van der Waals surface area (Å²) in [6, 6.07) is 9.95. The van der Waals surface area contributed by atoms with Crippen LogP contribution in [-0.4, -0.2) is 59.8 Å². The number of halogens is 1. The Morgan fingerprint density at radius 3 is 2.62 bits per heavy atom. The van der Waals surface area contributed by atoms with Crippen molar-refractivity contribution >= 4 is 50.2 Å². The molecule has 0 fully saturated rings. The van der Waals surface area contributed by atoms with Crippen LogP contribution in [0.3, 0.4) is 0 Å². The van der Waals surface area contributed by atoms with Crippen LogP contribution in [0.25, 0.3) is 22.0 Å². The number of nitrogens with one attached hydrogen (secondary N) is 1. The van der Waals surface area contributed by atoms with Gasteiger partial charge in [0, 0.05) is 36.8 Å². The number of Topliss-reactive ketones (excluding diaryl/α,β-unsaturated/α-hetero) is 1. The molecular weight excluding hydrogens is 538 g/mol. The van der Waals surface area contributed by atoms with Crippen LogP contribution in [0.15, 0.2) is 65.5 Å². The van der Waals surface area contributed by atoms with Crippen LogP contribution >= 0.6 is 15.9 Å². The Balaban J connectivity index is 1.39. The van der Waals surface area contributed by atoms with Gasteiger partial charge in [-0.1, -0.05) is 24.3 Å². The predicted molar refractivity (Wildman–Crippen MR) is 141 cm³/mol. The van der Waals surface area contributed by atoms with Crippen LogP contribution in [0, 0.1) is 6.92 Å². The van der Waals surface area contributed by atoms with E-state index in [0.29, 0.717) is 33.7 Å². The molecule has 3 aromatic heterocycles. The largest absolute Gasteiger partial charge is 0.322 e. The maximum atomic E-state index is 13.3. The third-order valence-corrected chi connectivity index (χ3v) is 6.44. The lowest BCUT2D eigenvalue weighted by atomic mass is 10.0. The first-order valence-electron chi connectivity index (χ1n) is 11.5. The van der Waals surface area contributed by atoms with Gasteiger partial charge in [0.2, 0.25) is 5.91 Å². The smallest absolute Gasteiger partial charge is 0.252 e. The summed E-state index contributed by atoms with van der Waals surface area (Å²) in [6.45, 7) is 3.41. The van der Waals surface area contributed by atoms with Crippen molar-refractivity contribution < 1.29 is 14.4 Å². The van der Waals surface area contributed by atoms with Gasteiger partial charge in [-0.25, -0.2) is 15.0 Å². The zero-order valence-electron chi connectivity index (χ0n) is 20.1. The number of anilines is 1. The standard InChI is InChI=1S/C26H22BrN7O3/c1-15(35)25-19-11-17(18-12-28-16(2)29-13-18)8-9-20(19)34(32-25)14-24(36)33-10-4-5-21(33)26(37)31-23-7-3-6-22(27)30-23/h3-9,11-13,21H,10,14H2,1-2H3,(H,30,31,37)/t21-/m0/s1. The number of ketones is 1. The van der Waals surface area contributed by atoms with Crippen LogP contribution in [0.2, 0.25) is 0 Å². The normalized spacial score (nSPS) is 14.8. The maximum Gasteiger partial charge on any atom is 0.252 e. The third kappa shape index (κ3) is 5.03. The first-order valence-corrected chi connectivity index (χ1v) is 12.3. The van der Waals surface area contributed by atoms with E-state index < -0.39 is 6.04 Å². The molecule has 5 rings (SSSR count). The van der Waals surface area contributed by atoms with Crippen molar-refractivity contribution in [3.05, 3.63) is 77.1 Å². The molecule has 11 heteroatoms. The van der Waals surface area contributed by atoms with E-state index in [1.807, 2.05) is 25.1 Å². The summed E-state index contributed by atoms with van der Waals surface area (Å²) < 4.78 is 2.09. The molecule has 0 aliphatic carbocycles. The number of aryl methyl sites for hydroxylation is 1. The molecule has 0 radical (unpaired) electrons. The van der Waals surface area contributed by atoms with Gasteiger partial charge in [-0.3, -0.25) is 19.1 Å². The second-order valence-electron chi connectivity index (χ2n) is 8.57. The molecule has 1 aliphatic rings. The van der Waals surface area contributed by atoms with Crippen LogP contribution < -0.4 is 5.32 Å². The molecule has 0 unspecified atom stereocenters. The molecule has 2 amide bonds. The molecule has 4 heterocycles. The topological polar surface area (TPSA) is 123 Å². The minimum atomic E-state index is -0.782. The van der Waals surface area contributed by atoms with Crippen molar-refractivity contribution in [3.8, 4) is 11.1 Å². The molecule has 4 aromatic rings.